The maximum atomic E-state index is 4.34. The highest BCUT2D eigenvalue weighted by Crippen LogP contribution is 2.18. The van der Waals surface area contributed by atoms with E-state index in [-0.39, 0.29) is 0 Å². The maximum absolute atomic E-state index is 4.34. The summed E-state index contributed by atoms with van der Waals surface area (Å²) in [5.74, 6) is 2.01. The zero-order chi connectivity index (χ0) is 9.26. The van der Waals surface area contributed by atoms with Crippen LogP contribution in [0.3, 0.4) is 0 Å². The summed E-state index contributed by atoms with van der Waals surface area (Å²) in [5, 5.41) is 3.24. The molecule has 1 N–H and O–H groups in total. The lowest BCUT2D eigenvalue weighted by molar-refractivity contribution is 0.445. The van der Waals surface area contributed by atoms with E-state index in [2.05, 4.69) is 29.1 Å². The molecular formula is C10H15N3. The normalized spacial score (nSPS) is 17.5. The summed E-state index contributed by atoms with van der Waals surface area (Å²) in [7, 11) is 0. The Morgan fingerprint density at radius 2 is 1.92 bits per heavy atom. The Labute approximate surface area is 78.6 Å². The molecule has 0 amide bonds. The van der Waals surface area contributed by atoms with E-state index in [1.807, 2.05) is 12.4 Å². The van der Waals surface area contributed by atoms with E-state index in [0.717, 1.165) is 18.9 Å². The van der Waals surface area contributed by atoms with Crippen LogP contribution in [-0.2, 0) is 0 Å². The summed E-state index contributed by atoms with van der Waals surface area (Å²) in [6.45, 7) is 6.37. The van der Waals surface area contributed by atoms with Crippen LogP contribution in [0.2, 0.25) is 0 Å². The highest BCUT2D eigenvalue weighted by atomic mass is 15.0. The summed E-state index contributed by atoms with van der Waals surface area (Å²) in [6.07, 6.45) is 3.93. The minimum atomic E-state index is 0.425. The first kappa shape index (κ1) is 8.63. The average molecular weight is 177 g/mol. The third-order valence-electron chi connectivity index (χ3n) is 2.46. The van der Waals surface area contributed by atoms with E-state index in [9.17, 15) is 0 Å². The van der Waals surface area contributed by atoms with Crippen molar-refractivity contribution in [1.82, 2.24) is 15.3 Å². The monoisotopic (exact) mass is 177 g/mol. The molecule has 0 radical (unpaired) electrons. The topological polar surface area (TPSA) is 37.8 Å². The van der Waals surface area contributed by atoms with Gasteiger partial charge >= 0.3 is 0 Å². The number of nitrogens with zero attached hydrogens (tertiary/aromatic N) is 2. The van der Waals surface area contributed by atoms with Gasteiger partial charge in [0.05, 0.1) is 0 Å². The second kappa shape index (κ2) is 3.42. The molecule has 1 aliphatic rings. The predicted octanol–water partition coefficient (Wildman–Crippen LogP) is 1.29. The van der Waals surface area contributed by atoms with Crippen molar-refractivity contribution in [2.24, 2.45) is 0 Å². The standard InChI is InChI=1S/C10H15N3/c1-7(2)10-12-5-9(6-13-10)8-3-11-4-8/h5-8,11H,3-4H2,1-2H3. The van der Waals surface area contributed by atoms with E-state index in [0.29, 0.717) is 11.8 Å². The first-order chi connectivity index (χ1) is 6.27. The van der Waals surface area contributed by atoms with E-state index >= 15 is 0 Å². The largest absolute Gasteiger partial charge is 0.315 e. The third-order valence-corrected chi connectivity index (χ3v) is 2.46. The van der Waals surface area contributed by atoms with Gasteiger partial charge in [0.2, 0.25) is 0 Å². The SMILES string of the molecule is CC(C)c1ncc(C2CNC2)cn1. The molecule has 1 saturated heterocycles. The molecule has 0 unspecified atom stereocenters. The quantitative estimate of drug-likeness (QED) is 0.739. The maximum Gasteiger partial charge on any atom is 0.130 e. The molecule has 13 heavy (non-hydrogen) atoms. The van der Waals surface area contributed by atoms with Crippen molar-refractivity contribution in [2.75, 3.05) is 13.1 Å². The van der Waals surface area contributed by atoms with Crippen molar-refractivity contribution in [1.29, 1.82) is 0 Å². The minimum absolute atomic E-state index is 0.425. The van der Waals surface area contributed by atoms with Gasteiger partial charge in [0, 0.05) is 37.3 Å². The van der Waals surface area contributed by atoms with E-state index < -0.39 is 0 Å². The van der Waals surface area contributed by atoms with Crippen LogP contribution in [0.5, 0.6) is 0 Å². The molecule has 1 fully saturated rings. The molecule has 0 aromatic carbocycles. The van der Waals surface area contributed by atoms with Crippen molar-refractivity contribution in [3.05, 3.63) is 23.8 Å². The first-order valence-electron chi connectivity index (χ1n) is 4.80. The van der Waals surface area contributed by atoms with Gasteiger partial charge in [0.1, 0.15) is 5.82 Å². The van der Waals surface area contributed by atoms with Gasteiger partial charge in [-0.3, -0.25) is 0 Å². The van der Waals surface area contributed by atoms with Crippen LogP contribution in [0.25, 0.3) is 0 Å². The fourth-order valence-corrected chi connectivity index (χ4v) is 1.38. The molecule has 0 spiro atoms. The highest BCUT2D eigenvalue weighted by molar-refractivity contribution is 5.16. The lowest BCUT2D eigenvalue weighted by atomic mass is 9.96. The number of aromatic nitrogens is 2. The van der Waals surface area contributed by atoms with Crippen molar-refractivity contribution in [3.8, 4) is 0 Å². The Bertz CT molecular complexity index is 275. The zero-order valence-electron chi connectivity index (χ0n) is 8.12. The van der Waals surface area contributed by atoms with Crippen LogP contribution in [-0.4, -0.2) is 23.1 Å². The summed E-state index contributed by atoms with van der Waals surface area (Å²) < 4.78 is 0. The number of hydrogen-bond acceptors (Lipinski definition) is 3. The Balaban J connectivity index is 2.13. The second-order valence-corrected chi connectivity index (χ2v) is 3.88. The molecule has 70 valence electrons. The molecule has 2 rings (SSSR count). The van der Waals surface area contributed by atoms with Gasteiger partial charge in [-0.05, 0) is 5.56 Å². The summed E-state index contributed by atoms with van der Waals surface area (Å²) in [4.78, 5) is 8.68. The lowest BCUT2D eigenvalue weighted by Crippen LogP contribution is -2.40. The Kier molecular flexibility index (Phi) is 2.27. The number of nitrogens with one attached hydrogen (secondary N) is 1. The Hall–Kier alpha value is -0.960. The smallest absolute Gasteiger partial charge is 0.130 e. The van der Waals surface area contributed by atoms with Crippen LogP contribution in [0.4, 0.5) is 0 Å². The van der Waals surface area contributed by atoms with Crippen LogP contribution < -0.4 is 5.32 Å². The molecule has 0 aliphatic carbocycles. The van der Waals surface area contributed by atoms with Gasteiger partial charge in [-0.1, -0.05) is 13.8 Å². The van der Waals surface area contributed by atoms with Gasteiger partial charge in [0.15, 0.2) is 0 Å². The van der Waals surface area contributed by atoms with Crippen molar-refractivity contribution in [2.45, 2.75) is 25.7 Å². The molecule has 3 heteroatoms. The molecule has 1 aromatic heterocycles. The van der Waals surface area contributed by atoms with Gasteiger partial charge in [-0.15, -0.1) is 0 Å². The molecule has 0 saturated carbocycles. The summed E-state index contributed by atoms with van der Waals surface area (Å²) in [5.41, 5.74) is 1.27. The van der Waals surface area contributed by atoms with Crippen molar-refractivity contribution in [3.63, 3.8) is 0 Å². The molecule has 1 aliphatic heterocycles. The highest BCUT2D eigenvalue weighted by Gasteiger charge is 2.19. The van der Waals surface area contributed by atoms with Crippen molar-refractivity contribution >= 4 is 0 Å². The van der Waals surface area contributed by atoms with E-state index in [1.54, 1.807) is 0 Å². The molecular weight excluding hydrogens is 162 g/mol. The van der Waals surface area contributed by atoms with E-state index in [1.165, 1.54) is 5.56 Å². The van der Waals surface area contributed by atoms with Gasteiger partial charge < -0.3 is 5.32 Å². The lowest BCUT2D eigenvalue weighted by Gasteiger charge is -2.26. The van der Waals surface area contributed by atoms with Crippen molar-refractivity contribution < 1.29 is 0 Å². The van der Waals surface area contributed by atoms with Crippen LogP contribution in [0, 0.1) is 0 Å². The molecule has 3 nitrogen and oxygen atoms in total. The molecule has 0 bridgehead atoms. The molecule has 1 aromatic rings. The minimum Gasteiger partial charge on any atom is -0.315 e. The van der Waals surface area contributed by atoms with Crippen LogP contribution >= 0.6 is 0 Å². The summed E-state index contributed by atoms with van der Waals surface area (Å²) in [6, 6.07) is 0. The van der Waals surface area contributed by atoms with E-state index in [4.69, 9.17) is 0 Å². The number of hydrogen-bond donors (Lipinski definition) is 1. The van der Waals surface area contributed by atoms with Crippen LogP contribution in [0.1, 0.15) is 37.1 Å². The van der Waals surface area contributed by atoms with Crippen LogP contribution in [0.15, 0.2) is 12.4 Å². The van der Waals surface area contributed by atoms with Gasteiger partial charge in [-0.25, -0.2) is 9.97 Å². The third kappa shape index (κ3) is 1.70. The fraction of sp³-hybridized carbons (Fsp3) is 0.600. The van der Waals surface area contributed by atoms with Gasteiger partial charge in [0.25, 0.3) is 0 Å². The molecule has 0 atom stereocenters. The fourth-order valence-electron chi connectivity index (χ4n) is 1.38. The summed E-state index contributed by atoms with van der Waals surface area (Å²) >= 11 is 0. The Morgan fingerprint density at radius 3 is 2.31 bits per heavy atom. The molecule has 2 heterocycles. The zero-order valence-corrected chi connectivity index (χ0v) is 8.12. The second-order valence-electron chi connectivity index (χ2n) is 3.88. The number of rotatable bonds is 2. The average Bonchev–Trinajstić information content (AvgIpc) is 2.02. The van der Waals surface area contributed by atoms with Gasteiger partial charge in [-0.2, -0.15) is 0 Å². The first-order valence-corrected chi connectivity index (χ1v) is 4.80. The Morgan fingerprint density at radius 1 is 1.31 bits per heavy atom. The predicted molar refractivity (Wildman–Crippen MR) is 51.7 cm³/mol.